The second-order valence-electron chi connectivity index (χ2n) is 3.64. The quantitative estimate of drug-likeness (QED) is 0.686. The molecule has 1 atom stereocenters. The molecule has 0 aromatic heterocycles. The van der Waals surface area contributed by atoms with Gasteiger partial charge in [0.2, 0.25) is 0 Å². The van der Waals surface area contributed by atoms with Gasteiger partial charge in [-0.3, -0.25) is 0 Å². The Kier molecular flexibility index (Phi) is 3.98. The number of hydrogen-bond acceptors (Lipinski definition) is 1. The summed E-state index contributed by atoms with van der Waals surface area (Å²) in [5, 5.41) is 2.35. The van der Waals surface area contributed by atoms with Crippen molar-refractivity contribution in [3.8, 4) is 0 Å². The third-order valence-electron chi connectivity index (χ3n) is 2.56. The topological polar surface area (TPSA) is 12.0 Å². The summed E-state index contributed by atoms with van der Waals surface area (Å²) in [6.07, 6.45) is 1.87. The summed E-state index contributed by atoms with van der Waals surface area (Å²) in [5.74, 6) is 0. The summed E-state index contributed by atoms with van der Waals surface area (Å²) in [6, 6.07) is -1.44. The zero-order valence-corrected chi connectivity index (χ0v) is 8.32. The van der Waals surface area contributed by atoms with E-state index in [2.05, 4.69) is 5.32 Å². The Bertz CT molecular complexity index is 208. The zero-order valence-electron chi connectivity index (χ0n) is 8.32. The van der Waals surface area contributed by atoms with Gasteiger partial charge in [0.15, 0.2) is 0 Å². The number of alkyl halides is 3. The fraction of sp³-hybridized carbons (Fsp3) is 0.800. The van der Waals surface area contributed by atoms with E-state index in [4.69, 9.17) is 0 Å². The molecule has 0 saturated carbocycles. The summed E-state index contributed by atoms with van der Waals surface area (Å²) >= 11 is 0. The molecule has 0 spiro atoms. The van der Waals surface area contributed by atoms with Gasteiger partial charge in [-0.25, -0.2) is 0 Å². The average Bonchev–Trinajstić information content (AvgIpc) is 2.31. The molecular formula is C10H16F3N. The maximum Gasteiger partial charge on any atom is 0.407 e. The molecule has 1 aliphatic carbocycles. The van der Waals surface area contributed by atoms with Gasteiger partial charge in [-0.15, -0.1) is 0 Å². The van der Waals surface area contributed by atoms with Crippen molar-refractivity contribution in [3.05, 3.63) is 11.6 Å². The number of hydrogen-bond donors (Lipinski definition) is 1. The van der Waals surface area contributed by atoms with Crippen molar-refractivity contribution in [1.29, 1.82) is 0 Å². The molecule has 1 N–H and O–H groups in total. The molecule has 82 valence electrons. The number of nitrogens with one attached hydrogen (secondary N) is 1. The molecule has 4 heteroatoms. The first-order valence-corrected chi connectivity index (χ1v) is 4.98. The Morgan fingerprint density at radius 3 is 2.57 bits per heavy atom. The Hall–Kier alpha value is -0.510. The van der Waals surface area contributed by atoms with Gasteiger partial charge in [-0.1, -0.05) is 12.5 Å². The van der Waals surface area contributed by atoms with Gasteiger partial charge < -0.3 is 5.32 Å². The van der Waals surface area contributed by atoms with E-state index in [0.717, 1.165) is 25.7 Å². The van der Waals surface area contributed by atoms with Crippen molar-refractivity contribution < 1.29 is 13.2 Å². The smallest absolute Gasteiger partial charge is 0.306 e. The third kappa shape index (κ3) is 3.01. The van der Waals surface area contributed by atoms with Crippen LogP contribution >= 0.6 is 0 Å². The molecule has 0 saturated heterocycles. The van der Waals surface area contributed by atoms with Gasteiger partial charge >= 0.3 is 6.18 Å². The predicted molar refractivity (Wildman–Crippen MR) is 50.1 cm³/mol. The second kappa shape index (κ2) is 4.82. The Balaban J connectivity index is 2.72. The summed E-state index contributed by atoms with van der Waals surface area (Å²) in [6.45, 7) is 0. The van der Waals surface area contributed by atoms with Gasteiger partial charge in [-0.2, -0.15) is 13.2 Å². The van der Waals surface area contributed by atoms with Gasteiger partial charge in [0, 0.05) is 0 Å². The van der Waals surface area contributed by atoms with Crippen LogP contribution in [-0.4, -0.2) is 19.3 Å². The van der Waals surface area contributed by atoms with Crippen LogP contribution in [-0.2, 0) is 0 Å². The van der Waals surface area contributed by atoms with Crippen molar-refractivity contribution in [2.75, 3.05) is 7.05 Å². The predicted octanol–water partition coefficient (Wildman–Crippen LogP) is 3.03. The highest BCUT2D eigenvalue weighted by atomic mass is 19.4. The van der Waals surface area contributed by atoms with Crippen molar-refractivity contribution in [3.63, 3.8) is 0 Å². The molecule has 14 heavy (non-hydrogen) atoms. The SMILES string of the molecule is CNC(C1=CCCCCC1)C(F)(F)F. The first-order valence-electron chi connectivity index (χ1n) is 4.98. The van der Waals surface area contributed by atoms with E-state index in [1.54, 1.807) is 6.08 Å². The van der Waals surface area contributed by atoms with Crippen molar-refractivity contribution in [2.24, 2.45) is 0 Å². The van der Waals surface area contributed by atoms with Crippen LogP contribution in [0.5, 0.6) is 0 Å². The van der Waals surface area contributed by atoms with Crippen LogP contribution in [0.25, 0.3) is 0 Å². The molecule has 1 aliphatic rings. The van der Waals surface area contributed by atoms with E-state index in [0.29, 0.717) is 12.0 Å². The molecule has 0 aromatic carbocycles. The Morgan fingerprint density at radius 2 is 2.00 bits per heavy atom. The molecular weight excluding hydrogens is 191 g/mol. The highest BCUT2D eigenvalue weighted by Gasteiger charge is 2.40. The Morgan fingerprint density at radius 1 is 1.29 bits per heavy atom. The highest BCUT2D eigenvalue weighted by molar-refractivity contribution is 5.14. The lowest BCUT2D eigenvalue weighted by atomic mass is 10.0. The van der Waals surface area contributed by atoms with E-state index in [9.17, 15) is 13.2 Å². The van der Waals surface area contributed by atoms with Gasteiger partial charge in [0.25, 0.3) is 0 Å². The van der Waals surface area contributed by atoms with Gasteiger partial charge in [0.05, 0.1) is 0 Å². The number of halogens is 3. The minimum atomic E-state index is -4.16. The molecule has 0 fully saturated rings. The summed E-state index contributed by atoms with van der Waals surface area (Å²) in [4.78, 5) is 0. The molecule has 0 aliphatic heterocycles. The zero-order chi connectivity index (χ0) is 10.6. The van der Waals surface area contributed by atoms with Gasteiger partial charge in [0.1, 0.15) is 6.04 Å². The van der Waals surface area contributed by atoms with Crippen LogP contribution in [0.2, 0.25) is 0 Å². The van der Waals surface area contributed by atoms with Crippen LogP contribution < -0.4 is 5.32 Å². The van der Waals surface area contributed by atoms with E-state index in [1.807, 2.05) is 0 Å². The Labute approximate surface area is 82.4 Å². The maximum absolute atomic E-state index is 12.5. The molecule has 0 radical (unpaired) electrons. The normalized spacial score (nSPS) is 21.3. The second-order valence-corrected chi connectivity index (χ2v) is 3.64. The third-order valence-corrected chi connectivity index (χ3v) is 2.56. The molecule has 1 nitrogen and oxygen atoms in total. The van der Waals surface area contributed by atoms with Crippen molar-refractivity contribution in [2.45, 2.75) is 44.3 Å². The lowest BCUT2D eigenvalue weighted by Gasteiger charge is -2.22. The van der Waals surface area contributed by atoms with Crippen molar-refractivity contribution in [1.82, 2.24) is 5.32 Å². The fourth-order valence-corrected chi connectivity index (χ4v) is 1.86. The first-order chi connectivity index (χ1) is 6.55. The lowest BCUT2D eigenvalue weighted by molar-refractivity contribution is -0.146. The van der Waals surface area contributed by atoms with Crippen LogP contribution in [0.15, 0.2) is 11.6 Å². The van der Waals surface area contributed by atoms with E-state index in [-0.39, 0.29) is 0 Å². The molecule has 0 aromatic rings. The highest BCUT2D eigenvalue weighted by Crippen LogP contribution is 2.30. The summed E-state index contributed by atoms with van der Waals surface area (Å²) in [5.41, 5.74) is 0.512. The minimum absolute atomic E-state index is 0.512. The average molecular weight is 207 g/mol. The molecule has 0 amide bonds. The van der Waals surface area contributed by atoms with Crippen LogP contribution in [0.1, 0.15) is 32.1 Å². The minimum Gasteiger partial charge on any atom is -0.306 e. The standard InChI is InChI=1S/C10H16F3N/c1-14-9(10(11,12)13)8-6-4-2-3-5-7-8/h6,9,14H,2-5,7H2,1H3. The van der Waals surface area contributed by atoms with Crippen LogP contribution in [0.3, 0.4) is 0 Å². The monoisotopic (exact) mass is 207 g/mol. The van der Waals surface area contributed by atoms with E-state index in [1.165, 1.54) is 7.05 Å². The number of likely N-dealkylation sites (N-methyl/N-ethyl adjacent to an activating group) is 1. The summed E-state index contributed by atoms with van der Waals surface area (Å²) in [7, 11) is 1.36. The van der Waals surface area contributed by atoms with Gasteiger partial charge in [-0.05, 0) is 38.3 Å². The van der Waals surface area contributed by atoms with Crippen LogP contribution in [0, 0.1) is 0 Å². The molecule has 1 rings (SSSR count). The summed E-state index contributed by atoms with van der Waals surface area (Å²) < 4.78 is 37.6. The number of rotatable bonds is 2. The van der Waals surface area contributed by atoms with Crippen molar-refractivity contribution >= 4 is 0 Å². The van der Waals surface area contributed by atoms with Crippen LogP contribution in [0.4, 0.5) is 13.2 Å². The number of allylic oxidation sites excluding steroid dienone is 1. The lowest BCUT2D eigenvalue weighted by Crippen LogP contribution is -2.41. The largest absolute Gasteiger partial charge is 0.407 e. The molecule has 0 heterocycles. The van der Waals surface area contributed by atoms with E-state index >= 15 is 0 Å². The molecule has 1 unspecified atom stereocenters. The maximum atomic E-state index is 12.5. The van der Waals surface area contributed by atoms with E-state index < -0.39 is 12.2 Å². The fourth-order valence-electron chi connectivity index (χ4n) is 1.86. The molecule has 0 bridgehead atoms. The first kappa shape index (κ1) is 11.6.